The van der Waals surface area contributed by atoms with Gasteiger partial charge in [-0.1, -0.05) is 68.5 Å². The van der Waals surface area contributed by atoms with Gasteiger partial charge in [0.25, 0.3) is 0 Å². The van der Waals surface area contributed by atoms with Gasteiger partial charge in [-0.2, -0.15) is 0 Å². The summed E-state index contributed by atoms with van der Waals surface area (Å²) < 4.78 is 0. The number of carboxylic acid groups (broad SMARTS) is 1. The number of aliphatic carboxylic acids is 1. The number of ketones is 1. The third-order valence-corrected chi connectivity index (χ3v) is 10.4. The molecule has 9 nitrogen and oxygen atoms in total. The quantitative estimate of drug-likeness (QED) is 0.0635. The topological polar surface area (TPSA) is 156 Å². The molecule has 260 valence electrons. The largest absolute Gasteiger partial charge is 0.480 e. The van der Waals surface area contributed by atoms with Crippen LogP contribution in [-0.2, 0) is 16.0 Å². The molecule has 0 spiro atoms. The molecule has 1 saturated carbocycles. The van der Waals surface area contributed by atoms with Crippen molar-refractivity contribution < 1.29 is 29.7 Å². The summed E-state index contributed by atoms with van der Waals surface area (Å²) in [5, 5.41) is 35.0. The first-order valence-electron chi connectivity index (χ1n) is 17.4. The molecule has 6 N–H and O–H groups in total. The van der Waals surface area contributed by atoms with Crippen LogP contribution >= 0.6 is 0 Å². The van der Waals surface area contributed by atoms with E-state index in [1.807, 2.05) is 50.2 Å². The number of carboxylic acids is 1. The summed E-state index contributed by atoms with van der Waals surface area (Å²) >= 11 is 0. The number of aromatic amines is 2. The van der Waals surface area contributed by atoms with Crippen LogP contribution in [0, 0.1) is 29.6 Å². The fraction of sp³-hybridized carbons (Fsp3) is 0.425. The molecule has 2 aliphatic carbocycles. The molecule has 8 atom stereocenters. The van der Waals surface area contributed by atoms with Crippen molar-refractivity contribution in [3.8, 4) is 0 Å². The van der Waals surface area contributed by atoms with Crippen LogP contribution in [0.2, 0.25) is 0 Å². The number of rotatable bonds is 15. The van der Waals surface area contributed by atoms with Crippen LogP contribution in [-0.4, -0.2) is 61.2 Å². The van der Waals surface area contributed by atoms with E-state index in [1.165, 1.54) is 0 Å². The average molecular weight is 668 g/mol. The van der Waals surface area contributed by atoms with Crippen molar-refractivity contribution in [2.45, 2.75) is 77.5 Å². The van der Waals surface area contributed by atoms with Gasteiger partial charge in [0.05, 0.1) is 24.3 Å². The number of nitrogens with one attached hydrogen (secondary N) is 3. The monoisotopic (exact) mass is 667 g/mol. The minimum absolute atomic E-state index is 0.111. The Morgan fingerprint density at radius 3 is 2.59 bits per heavy atom. The lowest BCUT2D eigenvalue weighted by Gasteiger charge is -2.36. The van der Waals surface area contributed by atoms with Crippen molar-refractivity contribution in [3.63, 3.8) is 0 Å². The van der Waals surface area contributed by atoms with Gasteiger partial charge < -0.3 is 30.6 Å². The number of Topliss-reactive ketones (excluding diaryl/α,β-unsaturated/α-hetero) is 1. The first-order chi connectivity index (χ1) is 23.6. The van der Waals surface area contributed by atoms with Crippen LogP contribution in [0.25, 0.3) is 10.9 Å². The molecule has 0 saturated heterocycles. The predicted molar refractivity (Wildman–Crippen MR) is 191 cm³/mol. The van der Waals surface area contributed by atoms with Gasteiger partial charge in [-0.15, -0.1) is 0 Å². The van der Waals surface area contributed by atoms with Crippen molar-refractivity contribution in [1.29, 1.82) is 0 Å². The lowest BCUT2D eigenvalue weighted by atomic mass is 9.67. The number of aliphatic hydroxyl groups excluding tert-OH is 2. The molecule has 0 aliphatic heterocycles. The Morgan fingerprint density at radius 1 is 1.06 bits per heavy atom. The minimum Gasteiger partial charge on any atom is -0.480 e. The minimum atomic E-state index is -1.15. The highest BCUT2D eigenvalue weighted by atomic mass is 16.4. The number of aromatic nitrogens is 2. The number of para-hydroxylation sites is 1. The number of allylic oxidation sites excluding steroid dienone is 5. The van der Waals surface area contributed by atoms with Gasteiger partial charge in [0, 0.05) is 41.6 Å². The van der Waals surface area contributed by atoms with Gasteiger partial charge >= 0.3 is 5.97 Å². The van der Waals surface area contributed by atoms with Crippen LogP contribution in [0.1, 0.15) is 68.9 Å². The summed E-state index contributed by atoms with van der Waals surface area (Å²) in [5.41, 5.74) is 3.87. The second kappa shape index (κ2) is 16.3. The molecule has 3 aromatic rings. The molecule has 0 radical (unpaired) electrons. The Balaban J connectivity index is 1.17. The highest BCUT2D eigenvalue weighted by Crippen LogP contribution is 2.49. The Bertz CT molecular complexity index is 1730. The Morgan fingerprint density at radius 2 is 1.86 bits per heavy atom. The SMILES string of the molecule is CC/C(=C\[C@@H]1C=C[C@H]2[C@H](CC[C@@H]2C)[C@H]1C(=O)c1ccc[nH]1)[C@H](O)/C(C)=C/C=C\C[C@H](O)CC(=O)N[C@H](Cc1c[nH]c2ccccc12)C(=O)O. The average Bonchev–Trinajstić information content (AvgIpc) is 3.85. The third-order valence-electron chi connectivity index (χ3n) is 10.4. The predicted octanol–water partition coefficient (Wildman–Crippen LogP) is 6.30. The van der Waals surface area contributed by atoms with Crippen molar-refractivity contribution in [2.24, 2.45) is 29.6 Å². The normalized spacial score (nSPS) is 24.6. The van der Waals surface area contributed by atoms with E-state index in [0.29, 0.717) is 24.0 Å². The fourth-order valence-electron chi connectivity index (χ4n) is 7.63. The lowest BCUT2D eigenvalue weighted by molar-refractivity contribution is -0.142. The highest BCUT2D eigenvalue weighted by Gasteiger charge is 2.45. The van der Waals surface area contributed by atoms with Gasteiger partial charge in [0.2, 0.25) is 5.91 Å². The molecule has 2 heterocycles. The second-order valence-corrected chi connectivity index (χ2v) is 13.7. The van der Waals surface area contributed by atoms with Crippen molar-refractivity contribution in [2.75, 3.05) is 0 Å². The molecule has 5 rings (SSSR count). The molecule has 0 bridgehead atoms. The van der Waals surface area contributed by atoms with Crippen molar-refractivity contribution in [1.82, 2.24) is 15.3 Å². The summed E-state index contributed by atoms with van der Waals surface area (Å²) in [6.45, 7) is 6.11. The summed E-state index contributed by atoms with van der Waals surface area (Å²) in [5.74, 6) is -0.656. The highest BCUT2D eigenvalue weighted by molar-refractivity contribution is 5.97. The first-order valence-corrected chi connectivity index (χ1v) is 17.4. The summed E-state index contributed by atoms with van der Waals surface area (Å²) in [6.07, 6.45) is 16.3. The van der Waals surface area contributed by atoms with Crippen molar-refractivity contribution >= 4 is 28.6 Å². The first kappa shape index (κ1) is 35.8. The maximum Gasteiger partial charge on any atom is 0.326 e. The zero-order valence-corrected chi connectivity index (χ0v) is 28.5. The van der Waals surface area contributed by atoms with Crippen LogP contribution in [0.3, 0.4) is 0 Å². The molecule has 49 heavy (non-hydrogen) atoms. The molecule has 0 unspecified atom stereocenters. The number of aliphatic hydroxyl groups is 2. The third kappa shape index (κ3) is 8.58. The Kier molecular flexibility index (Phi) is 11.9. The molecule has 9 heteroatoms. The van der Waals surface area contributed by atoms with E-state index < -0.39 is 30.1 Å². The molecular formula is C40H49N3O6. The molecule has 1 amide bonds. The maximum absolute atomic E-state index is 13.7. The lowest BCUT2D eigenvalue weighted by Crippen LogP contribution is -2.43. The van der Waals surface area contributed by atoms with Gasteiger partial charge in [-0.3, -0.25) is 9.59 Å². The number of fused-ring (bicyclic) bond motifs is 2. The summed E-state index contributed by atoms with van der Waals surface area (Å²) in [6, 6.07) is 10.1. The number of carbonyl (C=O) groups is 3. The molecule has 1 fully saturated rings. The number of carbonyl (C=O) groups excluding carboxylic acids is 2. The molecular weight excluding hydrogens is 618 g/mol. The Hall–Kier alpha value is -4.47. The van der Waals surface area contributed by atoms with E-state index in [1.54, 1.807) is 30.6 Å². The van der Waals surface area contributed by atoms with E-state index >= 15 is 0 Å². The number of hydrogen-bond donors (Lipinski definition) is 6. The summed E-state index contributed by atoms with van der Waals surface area (Å²) in [4.78, 5) is 44.5. The maximum atomic E-state index is 13.7. The van der Waals surface area contributed by atoms with Crippen LogP contribution in [0.4, 0.5) is 0 Å². The zero-order chi connectivity index (χ0) is 35.1. The van der Waals surface area contributed by atoms with Gasteiger partial charge in [0.15, 0.2) is 5.78 Å². The fourth-order valence-corrected chi connectivity index (χ4v) is 7.63. The molecule has 2 aromatic heterocycles. The van der Waals surface area contributed by atoms with Gasteiger partial charge in [0.1, 0.15) is 6.04 Å². The smallest absolute Gasteiger partial charge is 0.326 e. The van der Waals surface area contributed by atoms with Crippen LogP contribution in [0.15, 0.2) is 96.4 Å². The van der Waals surface area contributed by atoms with Gasteiger partial charge in [-0.25, -0.2) is 4.79 Å². The van der Waals surface area contributed by atoms with Crippen molar-refractivity contribution in [3.05, 3.63) is 108 Å². The van der Waals surface area contributed by atoms with Gasteiger partial charge in [-0.05, 0) is 85.3 Å². The van der Waals surface area contributed by atoms with Crippen LogP contribution < -0.4 is 5.32 Å². The number of amides is 1. The van der Waals surface area contributed by atoms with E-state index in [9.17, 15) is 29.7 Å². The standard InChI is InChI=1S/C40H49N3O6/c1-4-26(20-27-16-18-30-24(2)15-17-32(30)37(27)39(47)34-14-9-19-41-34)38(46)25(3)10-5-6-11-29(44)22-36(45)43-35(40(48)49)21-28-23-42-33-13-8-7-12-31(28)33/h5-10,12-14,16,18-20,23-24,27,29-30,32,35,37-38,41-42,44,46H,4,11,15,17,21-22H2,1-3H3,(H,43,45)(H,48,49)/b6-5-,25-10+,26-20+/t24-,27-,29-,30+,32-,35+,37-,38+/m0/s1. The molecule has 2 aliphatic rings. The van der Waals surface area contributed by atoms with E-state index in [0.717, 1.165) is 40.5 Å². The second-order valence-electron chi connectivity index (χ2n) is 13.7. The van der Waals surface area contributed by atoms with Crippen LogP contribution in [0.5, 0.6) is 0 Å². The Labute approximate surface area is 287 Å². The number of benzene rings is 1. The van der Waals surface area contributed by atoms with E-state index in [4.69, 9.17) is 0 Å². The van der Waals surface area contributed by atoms with E-state index in [-0.39, 0.29) is 42.8 Å². The number of H-pyrrole nitrogens is 2. The van der Waals surface area contributed by atoms with E-state index in [2.05, 4.69) is 40.4 Å². The summed E-state index contributed by atoms with van der Waals surface area (Å²) in [7, 11) is 0. The molecule has 1 aromatic carbocycles. The number of hydrogen-bond acceptors (Lipinski definition) is 5. The zero-order valence-electron chi connectivity index (χ0n) is 28.5.